The predicted molar refractivity (Wildman–Crippen MR) is 72.3 cm³/mol. The van der Waals surface area contributed by atoms with Crippen LogP contribution >= 0.6 is 0 Å². The summed E-state index contributed by atoms with van der Waals surface area (Å²) in [7, 11) is 0. The molecule has 1 saturated carbocycles. The van der Waals surface area contributed by atoms with Gasteiger partial charge in [-0.15, -0.1) is 0 Å². The lowest BCUT2D eigenvalue weighted by Gasteiger charge is -2.36. The molecule has 2 aliphatic rings. The first kappa shape index (κ1) is 11.8. The molecule has 2 aliphatic carbocycles. The molecular weight excluding hydrogens is 222 g/mol. The summed E-state index contributed by atoms with van der Waals surface area (Å²) in [6.07, 6.45) is 6.55. The molecule has 2 heteroatoms. The molecule has 3 rings (SSSR count). The Balaban J connectivity index is 1.93. The lowest BCUT2D eigenvalue weighted by Crippen LogP contribution is -2.37. The third kappa shape index (κ3) is 2.05. The summed E-state index contributed by atoms with van der Waals surface area (Å²) < 4.78 is 0. The highest BCUT2D eigenvalue weighted by Gasteiger charge is 2.38. The van der Waals surface area contributed by atoms with Crippen molar-refractivity contribution in [2.45, 2.75) is 57.5 Å². The summed E-state index contributed by atoms with van der Waals surface area (Å²) in [5.74, 6) is 0.333. The number of carbonyl (C=O) groups excluding carboxylic acids is 1. The fraction of sp³-hybridized carbons (Fsp3) is 0.562. The third-order valence-electron chi connectivity index (χ3n) is 4.20. The number of aryl methyl sites for hydroxylation is 1. The molecule has 18 heavy (non-hydrogen) atoms. The Morgan fingerprint density at radius 3 is 2.78 bits per heavy atom. The smallest absolute Gasteiger partial charge is 0.223 e. The van der Waals surface area contributed by atoms with Crippen molar-refractivity contribution >= 4 is 5.91 Å². The SMILES string of the molecule is CCC(=O)N(C1CC1)C1CCCc2ccccc21. The summed E-state index contributed by atoms with van der Waals surface area (Å²) in [4.78, 5) is 14.4. The largest absolute Gasteiger partial charge is 0.333 e. The summed E-state index contributed by atoms with van der Waals surface area (Å²) >= 11 is 0. The molecule has 0 aromatic heterocycles. The zero-order chi connectivity index (χ0) is 12.5. The summed E-state index contributed by atoms with van der Waals surface area (Å²) in [5.41, 5.74) is 2.85. The van der Waals surface area contributed by atoms with E-state index in [-0.39, 0.29) is 0 Å². The van der Waals surface area contributed by atoms with E-state index in [1.54, 1.807) is 0 Å². The number of amides is 1. The molecule has 96 valence electrons. The van der Waals surface area contributed by atoms with Gasteiger partial charge in [0, 0.05) is 12.5 Å². The van der Waals surface area contributed by atoms with Gasteiger partial charge in [-0.25, -0.2) is 0 Å². The summed E-state index contributed by atoms with van der Waals surface area (Å²) in [5, 5.41) is 0. The number of hydrogen-bond acceptors (Lipinski definition) is 1. The van der Waals surface area contributed by atoms with Gasteiger partial charge in [0.05, 0.1) is 6.04 Å². The van der Waals surface area contributed by atoms with Crippen LogP contribution in [0.25, 0.3) is 0 Å². The highest BCUT2D eigenvalue weighted by atomic mass is 16.2. The summed E-state index contributed by atoms with van der Waals surface area (Å²) in [6.45, 7) is 1.98. The maximum Gasteiger partial charge on any atom is 0.223 e. The van der Waals surface area contributed by atoms with Gasteiger partial charge in [-0.3, -0.25) is 4.79 Å². The van der Waals surface area contributed by atoms with Crippen LogP contribution in [0, 0.1) is 0 Å². The van der Waals surface area contributed by atoms with E-state index in [0.29, 0.717) is 24.4 Å². The number of hydrogen-bond donors (Lipinski definition) is 0. The molecule has 1 unspecified atom stereocenters. The first-order valence-corrected chi connectivity index (χ1v) is 7.20. The molecule has 0 radical (unpaired) electrons. The van der Waals surface area contributed by atoms with Gasteiger partial charge < -0.3 is 4.90 Å². The van der Waals surface area contributed by atoms with Crippen LogP contribution < -0.4 is 0 Å². The van der Waals surface area contributed by atoms with E-state index in [1.807, 2.05) is 6.92 Å². The second kappa shape index (κ2) is 4.75. The van der Waals surface area contributed by atoms with Gasteiger partial charge in [-0.1, -0.05) is 31.2 Å². The van der Waals surface area contributed by atoms with Crippen molar-refractivity contribution in [2.75, 3.05) is 0 Å². The standard InChI is InChI=1S/C16H21NO/c1-2-16(18)17(13-10-11-13)15-9-5-7-12-6-3-4-8-14(12)15/h3-4,6,8,13,15H,2,5,7,9-11H2,1H3. The van der Waals surface area contributed by atoms with Crippen LogP contribution in [0.3, 0.4) is 0 Å². The lowest BCUT2D eigenvalue weighted by molar-refractivity contribution is -0.134. The van der Waals surface area contributed by atoms with Crippen LogP contribution in [-0.4, -0.2) is 16.8 Å². The predicted octanol–water partition coefficient (Wildman–Crippen LogP) is 3.47. The van der Waals surface area contributed by atoms with Gasteiger partial charge in [0.1, 0.15) is 0 Å². The average molecular weight is 243 g/mol. The molecule has 1 aromatic rings. The van der Waals surface area contributed by atoms with Crippen molar-refractivity contribution in [1.82, 2.24) is 4.90 Å². The van der Waals surface area contributed by atoms with Crippen molar-refractivity contribution < 1.29 is 4.79 Å². The number of nitrogens with zero attached hydrogens (tertiary/aromatic N) is 1. The maximum absolute atomic E-state index is 12.2. The van der Waals surface area contributed by atoms with Gasteiger partial charge in [-0.2, -0.15) is 0 Å². The van der Waals surface area contributed by atoms with Gasteiger partial charge in [0.2, 0.25) is 5.91 Å². The van der Waals surface area contributed by atoms with Crippen LogP contribution in [0.15, 0.2) is 24.3 Å². The van der Waals surface area contributed by atoms with E-state index in [9.17, 15) is 4.79 Å². The fourth-order valence-corrected chi connectivity index (χ4v) is 3.18. The molecule has 1 fully saturated rings. The molecule has 2 nitrogen and oxygen atoms in total. The van der Waals surface area contributed by atoms with E-state index in [1.165, 1.54) is 36.8 Å². The Morgan fingerprint density at radius 2 is 2.06 bits per heavy atom. The number of rotatable bonds is 3. The highest BCUT2D eigenvalue weighted by molar-refractivity contribution is 5.77. The second-order valence-corrected chi connectivity index (χ2v) is 5.49. The zero-order valence-corrected chi connectivity index (χ0v) is 11.1. The van der Waals surface area contributed by atoms with Crippen LogP contribution in [0.2, 0.25) is 0 Å². The van der Waals surface area contributed by atoms with Crippen molar-refractivity contribution in [3.8, 4) is 0 Å². The Kier molecular flexibility index (Phi) is 3.11. The Labute approximate surface area is 109 Å². The average Bonchev–Trinajstić information content (AvgIpc) is 3.24. The van der Waals surface area contributed by atoms with Gasteiger partial charge in [0.15, 0.2) is 0 Å². The van der Waals surface area contributed by atoms with Crippen LogP contribution in [-0.2, 0) is 11.2 Å². The molecule has 0 N–H and O–H groups in total. The van der Waals surface area contributed by atoms with E-state index in [2.05, 4.69) is 29.2 Å². The molecule has 1 aromatic carbocycles. The minimum atomic E-state index is 0.333. The van der Waals surface area contributed by atoms with E-state index in [0.717, 1.165) is 6.42 Å². The second-order valence-electron chi connectivity index (χ2n) is 5.49. The first-order chi connectivity index (χ1) is 8.81. The normalized spacial score (nSPS) is 22.4. The topological polar surface area (TPSA) is 20.3 Å². The van der Waals surface area contributed by atoms with Crippen molar-refractivity contribution in [3.05, 3.63) is 35.4 Å². The van der Waals surface area contributed by atoms with Crippen molar-refractivity contribution in [2.24, 2.45) is 0 Å². The maximum atomic E-state index is 12.2. The molecule has 0 saturated heterocycles. The quantitative estimate of drug-likeness (QED) is 0.796. The Hall–Kier alpha value is -1.31. The van der Waals surface area contributed by atoms with Crippen molar-refractivity contribution in [1.29, 1.82) is 0 Å². The molecule has 0 aliphatic heterocycles. The van der Waals surface area contributed by atoms with Crippen molar-refractivity contribution in [3.63, 3.8) is 0 Å². The Morgan fingerprint density at radius 1 is 1.28 bits per heavy atom. The first-order valence-electron chi connectivity index (χ1n) is 7.20. The van der Waals surface area contributed by atoms with Gasteiger partial charge >= 0.3 is 0 Å². The van der Waals surface area contributed by atoms with E-state index < -0.39 is 0 Å². The molecule has 1 amide bonds. The minimum Gasteiger partial charge on any atom is -0.333 e. The highest BCUT2D eigenvalue weighted by Crippen LogP contribution is 2.40. The molecule has 1 atom stereocenters. The van der Waals surface area contributed by atoms with Crippen LogP contribution in [0.4, 0.5) is 0 Å². The number of carbonyl (C=O) groups is 1. The fourth-order valence-electron chi connectivity index (χ4n) is 3.18. The zero-order valence-electron chi connectivity index (χ0n) is 11.1. The monoisotopic (exact) mass is 243 g/mol. The third-order valence-corrected chi connectivity index (χ3v) is 4.20. The van der Waals surface area contributed by atoms with Gasteiger partial charge in [-0.05, 0) is 43.2 Å². The Bertz CT molecular complexity index is 450. The number of fused-ring (bicyclic) bond motifs is 1. The molecule has 0 spiro atoms. The van der Waals surface area contributed by atoms with Gasteiger partial charge in [0.25, 0.3) is 0 Å². The lowest BCUT2D eigenvalue weighted by atomic mass is 9.86. The number of benzene rings is 1. The van der Waals surface area contributed by atoms with Crippen LogP contribution in [0.1, 0.15) is 56.2 Å². The molecule has 0 heterocycles. The van der Waals surface area contributed by atoms with Crippen LogP contribution in [0.5, 0.6) is 0 Å². The molecular formula is C16H21NO. The molecule has 0 bridgehead atoms. The van der Waals surface area contributed by atoms with E-state index >= 15 is 0 Å². The summed E-state index contributed by atoms with van der Waals surface area (Å²) in [6, 6.07) is 9.53. The minimum absolute atomic E-state index is 0.333. The van der Waals surface area contributed by atoms with E-state index in [4.69, 9.17) is 0 Å².